The van der Waals surface area contributed by atoms with Gasteiger partial charge in [0.05, 0.1) is 16.2 Å². The fourth-order valence-corrected chi connectivity index (χ4v) is 3.90. The van der Waals surface area contributed by atoms with E-state index in [0.717, 1.165) is 41.2 Å². The second kappa shape index (κ2) is 8.40. The van der Waals surface area contributed by atoms with Crippen LogP contribution in [0, 0.1) is 0 Å². The smallest absolute Gasteiger partial charge is 0.258 e. The summed E-state index contributed by atoms with van der Waals surface area (Å²) in [6.45, 7) is 2.39. The Kier molecular flexibility index (Phi) is 5.30. The molecule has 1 aromatic carbocycles. The number of nitrogens with zero attached hydrogens (tertiary/aromatic N) is 4. The zero-order valence-electron chi connectivity index (χ0n) is 16.9. The first-order chi connectivity index (χ1) is 15.2. The maximum atomic E-state index is 12.7. The number of halogens is 1. The van der Waals surface area contributed by atoms with E-state index in [9.17, 15) is 4.79 Å². The predicted octanol–water partition coefficient (Wildman–Crippen LogP) is 4.61. The van der Waals surface area contributed by atoms with Crippen LogP contribution in [0.3, 0.4) is 0 Å². The highest BCUT2D eigenvalue weighted by Gasteiger charge is 2.14. The molecular weight excluding hydrogens is 412 g/mol. The molecule has 4 aromatic rings. The minimum absolute atomic E-state index is 0.164. The van der Waals surface area contributed by atoms with E-state index >= 15 is 0 Å². The van der Waals surface area contributed by atoms with E-state index in [4.69, 9.17) is 21.3 Å². The van der Waals surface area contributed by atoms with E-state index in [0.29, 0.717) is 10.8 Å². The molecule has 0 spiro atoms. The summed E-state index contributed by atoms with van der Waals surface area (Å²) in [5, 5.41) is 1.57. The van der Waals surface area contributed by atoms with Gasteiger partial charge < -0.3 is 9.64 Å². The van der Waals surface area contributed by atoms with Crippen molar-refractivity contribution >= 4 is 28.3 Å². The molecule has 3 aromatic heterocycles. The molecule has 0 unspecified atom stereocenters. The third kappa shape index (κ3) is 4.25. The fraction of sp³-hybridized carbons (Fsp3) is 0.208. The lowest BCUT2D eigenvalue weighted by molar-refractivity contribution is 0.300. The fourth-order valence-electron chi connectivity index (χ4n) is 3.79. The van der Waals surface area contributed by atoms with Gasteiger partial charge in [0.25, 0.3) is 5.56 Å². The van der Waals surface area contributed by atoms with Crippen LogP contribution >= 0.6 is 11.6 Å². The number of pyridine rings is 3. The Morgan fingerprint density at radius 1 is 1.00 bits per heavy atom. The largest absolute Gasteiger partial charge is 0.487 e. The van der Waals surface area contributed by atoms with Crippen LogP contribution < -0.4 is 15.2 Å². The maximum absolute atomic E-state index is 12.7. The van der Waals surface area contributed by atoms with E-state index < -0.39 is 0 Å². The van der Waals surface area contributed by atoms with Gasteiger partial charge in [-0.25, -0.2) is 4.98 Å². The van der Waals surface area contributed by atoms with Gasteiger partial charge in [0.15, 0.2) is 0 Å². The standard InChI is InChI=1S/C24H21ClN4O2/c25-18-4-5-19(26-15-18)16-31-21-9-12-29(24(30)14-21)20-6-7-22-17(13-20)3-8-23(27-22)28-10-1-2-11-28/h3-9,12-15H,1-2,10-11,16H2. The van der Waals surface area contributed by atoms with Gasteiger partial charge in [-0.2, -0.15) is 0 Å². The Labute approximate surface area is 184 Å². The van der Waals surface area contributed by atoms with E-state index in [-0.39, 0.29) is 12.2 Å². The Bertz CT molecular complexity index is 1280. The van der Waals surface area contributed by atoms with E-state index in [1.54, 1.807) is 35.2 Å². The number of benzene rings is 1. The number of anilines is 1. The van der Waals surface area contributed by atoms with Crippen molar-refractivity contribution in [2.45, 2.75) is 19.4 Å². The number of aromatic nitrogens is 3. The van der Waals surface area contributed by atoms with Gasteiger partial charge >= 0.3 is 0 Å². The van der Waals surface area contributed by atoms with Crippen molar-refractivity contribution in [1.29, 1.82) is 0 Å². The lowest BCUT2D eigenvalue weighted by Gasteiger charge is -2.16. The first-order valence-electron chi connectivity index (χ1n) is 10.3. The van der Waals surface area contributed by atoms with E-state index in [2.05, 4.69) is 22.0 Å². The van der Waals surface area contributed by atoms with Crippen LogP contribution in [0.4, 0.5) is 5.82 Å². The van der Waals surface area contributed by atoms with Gasteiger partial charge in [-0.05, 0) is 61.4 Å². The highest BCUT2D eigenvalue weighted by molar-refractivity contribution is 6.30. The van der Waals surface area contributed by atoms with Crippen LogP contribution in [-0.2, 0) is 6.61 Å². The molecule has 5 rings (SSSR count). The van der Waals surface area contributed by atoms with Crippen molar-refractivity contribution in [3.05, 3.63) is 88.1 Å². The summed E-state index contributed by atoms with van der Waals surface area (Å²) in [6.07, 6.45) is 5.73. The predicted molar refractivity (Wildman–Crippen MR) is 122 cm³/mol. The molecule has 1 aliphatic heterocycles. The average molecular weight is 433 g/mol. The molecule has 0 atom stereocenters. The highest BCUT2D eigenvalue weighted by Crippen LogP contribution is 2.23. The van der Waals surface area contributed by atoms with Crippen LogP contribution in [-0.4, -0.2) is 27.6 Å². The summed E-state index contributed by atoms with van der Waals surface area (Å²) in [5.41, 5.74) is 2.29. The molecular formula is C24H21ClN4O2. The Morgan fingerprint density at radius 3 is 2.65 bits per heavy atom. The molecule has 1 saturated heterocycles. The summed E-state index contributed by atoms with van der Waals surface area (Å²) in [7, 11) is 0. The van der Waals surface area contributed by atoms with Gasteiger partial charge in [-0.1, -0.05) is 11.6 Å². The SMILES string of the molecule is O=c1cc(OCc2ccc(Cl)cn2)ccn1-c1ccc2nc(N3CCCC3)ccc2c1. The van der Waals surface area contributed by atoms with Crippen molar-refractivity contribution < 1.29 is 4.74 Å². The van der Waals surface area contributed by atoms with Crippen LogP contribution in [0.1, 0.15) is 18.5 Å². The second-order valence-corrected chi connectivity index (χ2v) is 8.00. The van der Waals surface area contributed by atoms with Gasteiger partial charge in [0, 0.05) is 42.6 Å². The molecule has 7 heteroatoms. The number of hydrogen-bond acceptors (Lipinski definition) is 5. The third-order valence-electron chi connectivity index (χ3n) is 5.43. The molecule has 6 nitrogen and oxygen atoms in total. The number of fused-ring (bicyclic) bond motifs is 1. The number of hydrogen-bond donors (Lipinski definition) is 0. The molecule has 4 heterocycles. The third-order valence-corrected chi connectivity index (χ3v) is 5.66. The first-order valence-corrected chi connectivity index (χ1v) is 10.7. The average Bonchev–Trinajstić information content (AvgIpc) is 3.33. The topological polar surface area (TPSA) is 60.2 Å². The molecule has 0 aliphatic carbocycles. The maximum Gasteiger partial charge on any atom is 0.258 e. The van der Waals surface area contributed by atoms with Crippen molar-refractivity contribution in [2.24, 2.45) is 0 Å². The summed E-state index contributed by atoms with van der Waals surface area (Å²) in [4.78, 5) is 24.0. The van der Waals surface area contributed by atoms with Gasteiger partial charge in [0.2, 0.25) is 0 Å². The molecule has 0 radical (unpaired) electrons. The van der Waals surface area contributed by atoms with Gasteiger partial charge in [0.1, 0.15) is 18.2 Å². The minimum atomic E-state index is -0.164. The van der Waals surface area contributed by atoms with Crippen molar-refractivity contribution in [3.63, 3.8) is 0 Å². The van der Waals surface area contributed by atoms with Crippen LogP contribution in [0.2, 0.25) is 5.02 Å². The van der Waals surface area contributed by atoms with Crippen LogP contribution in [0.5, 0.6) is 5.75 Å². The normalized spacial score (nSPS) is 13.6. The summed E-state index contributed by atoms with van der Waals surface area (Å²) in [5.74, 6) is 1.52. The summed E-state index contributed by atoms with van der Waals surface area (Å²) < 4.78 is 7.30. The molecule has 31 heavy (non-hydrogen) atoms. The molecule has 156 valence electrons. The highest BCUT2D eigenvalue weighted by atomic mass is 35.5. The minimum Gasteiger partial charge on any atom is -0.487 e. The quantitative estimate of drug-likeness (QED) is 0.460. The monoisotopic (exact) mass is 432 g/mol. The first kappa shape index (κ1) is 19.6. The zero-order valence-corrected chi connectivity index (χ0v) is 17.6. The number of ether oxygens (including phenoxy) is 1. The van der Waals surface area contributed by atoms with Crippen LogP contribution in [0.15, 0.2) is 71.8 Å². The Morgan fingerprint density at radius 2 is 1.87 bits per heavy atom. The van der Waals surface area contributed by atoms with E-state index in [1.165, 1.54) is 18.9 Å². The lowest BCUT2D eigenvalue weighted by Crippen LogP contribution is -2.19. The van der Waals surface area contributed by atoms with Gasteiger partial charge in [-0.15, -0.1) is 0 Å². The lowest BCUT2D eigenvalue weighted by atomic mass is 10.2. The van der Waals surface area contributed by atoms with Crippen molar-refractivity contribution in [2.75, 3.05) is 18.0 Å². The van der Waals surface area contributed by atoms with E-state index in [1.807, 2.05) is 18.2 Å². The summed E-state index contributed by atoms with van der Waals surface area (Å²) in [6, 6.07) is 16.8. The Balaban J connectivity index is 1.35. The Hall–Kier alpha value is -3.38. The van der Waals surface area contributed by atoms with Crippen molar-refractivity contribution in [3.8, 4) is 11.4 Å². The zero-order chi connectivity index (χ0) is 21.2. The number of rotatable bonds is 5. The van der Waals surface area contributed by atoms with Crippen LogP contribution in [0.25, 0.3) is 16.6 Å². The molecule has 1 fully saturated rings. The molecule has 0 saturated carbocycles. The van der Waals surface area contributed by atoms with Crippen molar-refractivity contribution in [1.82, 2.24) is 14.5 Å². The molecule has 1 aliphatic rings. The molecule has 0 N–H and O–H groups in total. The summed E-state index contributed by atoms with van der Waals surface area (Å²) >= 11 is 5.85. The molecule has 0 bridgehead atoms. The van der Waals surface area contributed by atoms with Gasteiger partial charge in [-0.3, -0.25) is 14.3 Å². The molecule has 0 amide bonds. The second-order valence-electron chi connectivity index (χ2n) is 7.57.